The molecule has 56 heavy (non-hydrogen) atoms. The normalized spacial score (nSPS) is 11.6. The van der Waals surface area contributed by atoms with Gasteiger partial charge in [-0.15, -0.1) is 0 Å². The molecule has 0 bridgehead atoms. The first-order valence-corrected chi connectivity index (χ1v) is 18.7. The summed E-state index contributed by atoms with van der Waals surface area (Å²) in [4.78, 5) is 19.1. The largest absolute Gasteiger partial charge is 0.309 e. The molecule has 0 N–H and O–H groups in total. The molecule has 0 amide bonds. The Morgan fingerprint density at radius 3 is 1.61 bits per heavy atom. The molecule has 6 nitrogen and oxygen atoms in total. The molecule has 0 spiro atoms. The highest BCUT2D eigenvalue weighted by Gasteiger charge is 2.18. The number of hydrogen-bond acceptors (Lipinski definition) is 4. The minimum absolute atomic E-state index is 0.801. The van der Waals surface area contributed by atoms with E-state index in [-0.39, 0.29) is 0 Å². The van der Waals surface area contributed by atoms with Gasteiger partial charge in [-0.25, -0.2) is 4.98 Å². The van der Waals surface area contributed by atoms with Crippen molar-refractivity contribution in [3.05, 3.63) is 195 Å². The smallest absolute Gasteiger partial charge is 0.0963 e. The zero-order valence-electron chi connectivity index (χ0n) is 30.2. The Balaban J connectivity index is 1.08. The Kier molecular flexibility index (Phi) is 7.38. The van der Waals surface area contributed by atoms with Crippen molar-refractivity contribution < 1.29 is 0 Å². The lowest BCUT2D eigenvalue weighted by Gasteiger charge is -2.13. The molecule has 6 aromatic heterocycles. The Hall–Kier alpha value is -7.70. The fourth-order valence-corrected chi connectivity index (χ4v) is 8.11. The van der Waals surface area contributed by atoms with E-state index in [2.05, 4.69) is 153 Å². The number of para-hydroxylation sites is 2. The molecule has 0 fully saturated rings. The molecule has 0 radical (unpaired) electrons. The second kappa shape index (κ2) is 13.0. The van der Waals surface area contributed by atoms with Crippen LogP contribution in [0.3, 0.4) is 0 Å². The van der Waals surface area contributed by atoms with Gasteiger partial charge in [-0.3, -0.25) is 15.0 Å². The molecular weight excluding hydrogens is 685 g/mol. The molecule has 6 heterocycles. The summed E-state index contributed by atoms with van der Waals surface area (Å²) in [6.07, 6.45) is 5.49. The van der Waals surface area contributed by atoms with E-state index in [4.69, 9.17) is 9.97 Å². The fraction of sp³-hybridized carbons (Fsp3) is 0. The Morgan fingerprint density at radius 1 is 0.304 bits per heavy atom. The minimum Gasteiger partial charge on any atom is -0.309 e. The molecule has 0 saturated carbocycles. The summed E-state index contributed by atoms with van der Waals surface area (Å²) in [5.74, 6) is 0. The molecule has 0 unspecified atom stereocenters. The van der Waals surface area contributed by atoms with E-state index in [0.29, 0.717) is 0 Å². The molecule has 0 aliphatic heterocycles. The van der Waals surface area contributed by atoms with E-state index in [1.165, 1.54) is 10.8 Å². The molecule has 0 atom stereocenters. The van der Waals surface area contributed by atoms with Gasteiger partial charge in [0.15, 0.2) is 0 Å². The van der Waals surface area contributed by atoms with Crippen LogP contribution in [-0.2, 0) is 0 Å². The summed E-state index contributed by atoms with van der Waals surface area (Å²) < 4.78 is 4.71. The summed E-state index contributed by atoms with van der Waals surface area (Å²) in [6, 6.07) is 61.8. The lowest BCUT2D eigenvalue weighted by atomic mass is 10.0. The zero-order valence-corrected chi connectivity index (χ0v) is 30.2. The number of rotatable bonds is 6. The quantitative estimate of drug-likeness (QED) is 0.172. The summed E-state index contributed by atoms with van der Waals surface area (Å²) in [6.45, 7) is 0. The maximum Gasteiger partial charge on any atom is 0.0963 e. The van der Waals surface area contributed by atoms with E-state index in [1.807, 2.05) is 48.7 Å². The molecule has 262 valence electrons. The highest BCUT2D eigenvalue weighted by Crippen LogP contribution is 2.38. The van der Waals surface area contributed by atoms with Crippen molar-refractivity contribution >= 4 is 43.7 Å². The highest BCUT2D eigenvalue weighted by molar-refractivity contribution is 6.11. The first-order valence-electron chi connectivity index (χ1n) is 18.7. The fourth-order valence-electron chi connectivity index (χ4n) is 8.11. The van der Waals surface area contributed by atoms with E-state index >= 15 is 0 Å². The summed E-state index contributed by atoms with van der Waals surface area (Å²) >= 11 is 0. The van der Waals surface area contributed by atoms with Crippen LogP contribution in [0.25, 0.3) is 100 Å². The van der Waals surface area contributed by atoms with Gasteiger partial charge < -0.3 is 9.13 Å². The maximum atomic E-state index is 5.01. The lowest BCUT2D eigenvalue weighted by molar-refractivity contribution is 1.17. The minimum atomic E-state index is 0.801. The number of nitrogens with zero attached hydrogens (tertiary/aromatic N) is 6. The molecule has 11 rings (SSSR count). The second-order valence-corrected chi connectivity index (χ2v) is 14.0. The number of hydrogen-bond donors (Lipinski definition) is 0. The van der Waals surface area contributed by atoms with Crippen LogP contribution in [0.2, 0.25) is 0 Å². The van der Waals surface area contributed by atoms with Crippen LogP contribution in [0.15, 0.2) is 195 Å². The SMILES string of the molecule is c1ccc(-n2c3cc(-c4ccc5c6ccccc6n(-c6cccc(-c7cc(-c8ccccn8)nc(-c8ccccn8)c7)c6)c5c4)ccc3c3ncccc32)cc1. The van der Waals surface area contributed by atoms with Gasteiger partial charge in [0.05, 0.1) is 50.4 Å². The van der Waals surface area contributed by atoms with Gasteiger partial charge in [-0.05, 0) is 119 Å². The van der Waals surface area contributed by atoms with Crippen LogP contribution >= 0.6 is 0 Å². The van der Waals surface area contributed by atoms with Crippen LogP contribution < -0.4 is 0 Å². The standard InChI is InChI=1S/C50H32N6/c1-2-13-37(14-3-1)55-47-20-11-27-53-50(47)41-24-22-35(32-49(41)55)34-21-23-40-39-16-4-5-19-46(39)56(48(40)31-34)38-15-10-12-33(28-38)36-29-44(42-17-6-8-25-51-42)54-45(30-36)43-18-7-9-26-52-43/h1-32H. The summed E-state index contributed by atoms with van der Waals surface area (Å²) in [7, 11) is 0. The number of fused-ring (bicyclic) bond motifs is 6. The number of pyridine rings is 4. The van der Waals surface area contributed by atoms with Gasteiger partial charge in [0.1, 0.15) is 0 Å². The van der Waals surface area contributed by atoms with Gasteiger partial charge in [0.25, 0.3) is 0 Å². The number of benzene rings is 5. The number of aromatic nitrogens is 6. The van der Waals surface area contributed by atoms with Crippen LogP contribution in [0.4, 0.5) is 0 Å². The van der Waals surface area contributed by atoms with Crippen LogP contribution in [0.1, 0.15) is 0 Å². The molecule has 11 aromatic rings. The third-order valence-corrected chi connectivity index (χ3v) is 10.7. The van der Waals surface area contributed by atoms with Crippen molar-refractivity contribution in [2.45, 2.75) is 0 Å². The second-order valence-electron chi connectivity index (χ2n) is 14.0. The van der Waals surface area contributed by atoms with Gasteiger partial charge >= 0.3 is 0 Å². The van der Waals surface area contributed by atoms with Gasteiger partial charge in [-0.2, -0.15) is 0 Å². The van der Waals surface area contributed by atoms with Crippen molar-refractivity contribution in [1.29, 1.82) is 0 Å². The molecular formula is C50H32N6. The van der Waals surface area contributed by atoms with Gasteiger partial charge in [-0.1, -0.05) is 78.9 Å². The Morgan fingerprint density at radius 2 is 0.875 bits per heavy atom. The van der Waals surface area contributed by atoms with Crippen LogP contribution in [-0.4, -0.2) is 29.1 Å². The molecule has 5 aromatic carbocycles. The molecule has 6 heteroatoms. The third kappa shape index (κ3) is 5.27. The van der Waals surface area contributed by atoms with E-state index in [1.54, 1.807) is 12.4 Å². The predicted molar refractivity (Wildman–Crippen MR) is 228 cm³/mol. The highest BCUT2D eigenvalue weighted by atomic mass is 15.0. The predicted octanol–water partition coefficient (Wildman–Crippen LogP) is 12.1. The van der Waals surface area contributed by atoms with Crippen molar-refractivity contribution in [1.82, 2.24) is 29.1 Å². The Labute approximate surface area is 322 Å². The third-order valence-electron chi connectivity index (χ3n) is 10.7. The van der Waals surface area contributed by atoms with Crippen molar-refractivity contribution in [3.63, 3.8) is 0 Å². The zero-order chi connectivity index (χ0) is 37.0. The summed E-state index contributed by atoms with van der Waals surface area (Å²) in [5, 5.41) is 3.55. The lowest BCUT2D eigenvalue weighted by Crippen LogP contribution is -1.96. The molecule has 0 saturated heterocycles. The average molecular weight is 717 g/mol. The topological polar surface area (TPSA) is 61.4 Å². The summed E-state index contributed by atoms with van der Waals surface area (Å²) in [5.41, 5.74) is 15.4. The van der Waals surface area contributed by atoms with E-state index in [9.17, 15) is 0 Å². The maximum absolute atomic E-state index is 5.01. The van der Waals surface area contributed by atoms with Crippen molar-refractivity contribution in [2.75, 3.05) is 0 Å². The van der Waals surface area contributed by atoms with Crippen LogP contribution in [0, 0.1) is 0 Å². The van der Waals surface area contributed by atoms with Gasteiger partial charge in [0.2, 0.25) is 0 Å². The first-order chi connectivity index (χ1) is 27.8. The van der Waals surface area contributed by atoms with E-state index in [0.717, 1.165) is 89.4 Å². The molecule has 0 aliphatic carbocycles. The van der Waals surface area contributed by atoms with Gasteiger partial charge in [0, 0.05) is 46.1 Å². The first kappa shape index (κ1) is 31.8. The van der Waals surface area contributed by atoms with E-state index < -0.39 is 0 Å². The van der Waals surface area contributed by atoms with Crippen LogP contribution in [0.5, 0.6) is 0 Å². The average Bonchev–Trinajstić information content (AvgIpc) is 3.79. The van der Waals surface area contributed by atoms with Crippen molar-refractivity contribution in [3.8, 4) is 56.4 Å². The molecule has 0 aliphatic rings. The van der Waals surface area contributed by atoms with Crippen molar-refractivity contribution in [2.24, 2.45) is 0 Å². The monoisotopic (exact) mass is 716 g/mol. The Bertz CT molecular complexity index is 3180.